The summed E-state index contributed by atoms with van der Waals surface area (Å²) in [5.74, 6) is -3.71. The maximum absolute atomic E-state index is 12.5. The summed E-state index contributed by atoms with van der Waals surface area (Å²) in [6, 6.07) is 13.5. The van der Waals surface area contributed by atoms with Crippen LogP contribution in [0.5, 0.6) is 0 Å². The Balaban J connectivity index is 0.000000220. The van der Waals surface area contributed by atoms with Crippen molar-refractivity contribution in [2.75, 3.05) is 21.1 Å². The van der Waals surface area contributed by atoms with Crippen LogP contribution in [0.25, 0.3) is 0 Å². The van der Waals surface area contributed by atoms with E-state index in [4.69, 9.17) is 5.11 Å². The predicted molar refractivity (Wildman–Crippen MR) is 81.5 cm³/mol. The normalized spacial score (nSPS) is 10.6. The molecule has 3 nitrogen and oxygen atoms in total. The van der Waals surface area contributed by atoms with Crippen molar-refractivity contribution in [3.8, 4) is 0 Å². The van der Waals surface area contributed by atoms with E-state index in [1.807, 2.05) is 0 Å². The van der Waals surface area contributed by atoms with Crippen molar-refractivity contribution in [1.82, 2.24) is 0 Å². The van der Waals surface area contributed by atoms with E-state index in [1.165, 1.54) is 5.56 Å². The Morgan fingerprint density at radius 2 is 1.45 bits per heavy atom. The molecule has 2 aromatic carbocycles. The van der Waals surface area contributed by atoms with E-state index in [1.54, 1.807) is 0 Å². The summed E-state index contributed by atoms with van der Waals surface area (Å²) in [4.78, 5) is 10.2. The Kier molecular flexibility index (Phi) is 6.19. The number of carboxylic acids is 1. The van der Waals surface area contributed by atoms with E-state index in [2.05, 4.69) is 51.5 Å². The third-order valence-corrected chi connectivity index (χ3v) is 2.68. The minimum atomic E-state index is -1.60. The zero-order valence-corrected chi connectivity index (χ0v) is 12.9. The monoisotopic (exact) mass is 308 g/mol. The van der Waals surface area contributed by atoms with Gasteiger partial charge in [-0.15, -0.1) is 0 Å². The first-order valence-corrected chi connectivity index (χ1v) is 6.72. The Morgan fingerprint density at radius 3 is 1.82 bits per heavy atom. The van der Waals surface area contributed by atoms with Gasteiger partial charge in [-0.25, -0.2) is 13.6 Å². The number of nitrogens with zero attached hydrogens (tertiary/aromatic N) is 1. The van der Waals surface area contributed by atoms with E-state index in [0.717, 1.165) is 29.2 Å². The van der Waals surface area contributed by atoms with Crippen molar-refractivity contribution in [2.45, 2.75) is 6.54 Å². The summed E-state index contributed by atoms with van der Waals surface area (Å²) in [7, 11) is 6.60. The second kappa shape index (κ2) is 7.66. The molecule has 0 atom stereocenters. The highest BCUT2D eigenvalue weighted by Gasteiger charge is 2.14. The number of halogens is 2. The van der Waals surface area contributed by atoms with Crippen LogP contribution < -0.4 is 0 Å². The molecule has 0 saturated heterocycles. The first kappa shape index (κ1) is 17.8. The van der Waals surface area contributed by atoms with Crippen molar-refractivity contribution in [3.63, 3.8) is 0 Å². The van der Waals surface area contributed by atoms with E-state index in [9.17, 15) is 13.6 Å². The number of hydrogen-bond acceptors (Lipinski definition) is 1. The van der Waals surface area contributed by atoms with Gasteiger partial charge in [0.15, 0.2) is 0 Å². The van der Waals surface area contributed by atoms with Gasteiger partial charge in [-0.3, -0.25) is 0 Å². The van der Waals surface area contributed by atoms with Gasteiger partial charge in [-0.05, 0) is 12.1 Å². The Bertz CT molecular complexity index is 602. The third-order valence-electron chi connectivity index (χ3n) is 2.68. The highest BCUT2D eigenvalue weighted by molar-refractivity contribution is 5.88. The maximum atomic E-state index is 12.5. The largest absolute Gasteiger partial charge is 0.477 e. The SMILES string of the molecule is C[N+](C)(C)Cc1ccccc1.O=C(O)c1c(F)cccc1F. The summed E-state index contributed by atoms with van der Waals surface area (Å²) < 4.78 is 26.0. The van der Waals surface area contributed by atoms with Crippen LogP contribution in [0.4, 0.5) is 8.78 Å². The van der Waals surface area contributed by atoms with Crippen LogP contribution in [0.2, 0.25) is 0 Å². The molecule has 2 aromatic rings. The molecule has 0 radical (unpaired) electrons. The van der Waals surface area contributed by atoms with Crippen molar-refractivity contribution >= 4 is 5.97 Å². The summed E-state index contributed by atoms with van der Waals surface area (Å²) in [6.07, 6.45) is 0. The van der Waals surface area contributed by atoms with E-state index >= 15 is 0 Å². The van der Waals surface area contributed by atoms with Gasteiger partial charge in [0.05, 0.1) is 21.1 Å². The lowest BCUT2D eigenvalue weighted by molar-refractivity contribution is -0.884. The molecule has 0 amide bonds. The smallest absolute Gasteiger partial charge is 0.341 e. The molecule has 0 aliphatic rings. The lowest BCUT2D eigenvalue weighted by atomic mass is 10.2. The molecule has 5 heteroatoms. The molecule has 0 aromatic heterocycles. The van der Waals surface area contributed by atoms with Gasteiger partial charge < -0.3 is 9.59 Å². The lowest BCUT2D eigenvalue weighted by Gasteiger charge is -2.23. The highest BCUT2D eigenvalue weighted by Crippen LogP contribution is 2.11. The molecule has 0 fully saturated rings. The predicted octanol–water partition coefficient (Wildman–Crippen LogP) is 3.56. The Morgan fingerprint density at radius 1 is 0.955 bits per heavy atom. The summed E-state index contributed by atoms with van der Waals surface area (Å²) in [5.41, 5.74) is 0.493. The van der Waals surface area contributed by atoms with Crippen LogP contribution in [0, 0.1) is 11.6 Å². The first-order chi connectivity index (χ1) is 10.2. The molecular weight excluding hydrogens is 288 g/mol. The molecule has 0 bridgehead atoms. The van der Waals surface area contributed by atoms with Gasteiger partial charge in [0.25, 0.3) is 0 Å². The Hall–Kier alpha value is -2.27. The molecular formula is C17H20F2NO2+. The van der Waals surface area contributed by atoms with Crippen LogP contribution in [-0.2, 0) is 6.54 Å². The molecule has 22 heavy (non-hydrogen) atoms. The van der Waals surface area contributed by atoms with Gasteiger partial charge >= 0.3 is 5.97 Å². The molecule has 0 unspecified atom stereocenters. The number of rotatable bonds is 3. The summed E-state index contributed by atoms with van der Waals surface area (Å²) in [6.45, 7) is 1.10. The first-order valence-electron chi connectivity index (χ1n) is 6.72. The number of carbonyl (C=O) groups is 1. The molecule has 1 N–H and O–H groups in total. The van der Waals surface area contributed by atoms with Gasteiger partial charge in [0, 0.05) is 5.56 Å². The van der Waals surface area contributed by atoms with Crippen LogP contribution in [0.1, 0.15) is 15.9 Å². The fourth-order valence-electron chi connectivity index (χ4n) is 1.83. The van der Waals surface area contributed by atoms with Gasteiger partial charge in [-0.2, -0.15) is 0 Å². The third kappa shape index (κ3) is 6.01. The topological polar surface area (TPSA) is 37.3 Å². The molecule has 2 rings (SSSR count). The van der Waals surface area contributed by atoms with Gasteiger partial charge in [0.1, 0.15) is 23.7 Å². The number of carboxylic acid groups (broad SMARTS) is 1. The van der Waals surface area contributed by atoms with E-state index < -0.39 is 23.2 Å². The zero-order valence-electron chi connectivity index (χ0n) is 12.9. The Labute approximate surface area is 129 Å². The quantitative estimate of drug-likeness (QED) is 0.880. The van der Waals surface area contributed by atoms with Crippen LogP contribution in [0.3, 0.4) is 0 Å². The summed E-state index contributed by atoms with van der Waals surface area (Å²) >= 11 is 0. The van der Waals surface area contributed by atoms with Crippen LogP contribution >= 0.6 is 0 Å². The number of hydrogen-bond donors (Lipinski definition) is 1. The average molecular weight is 308 g/mol. The molecule has 0 saturated carbocycles. The van der Waals surface area contributed by atoms with Crippen LogP contribution in [-0.4, -0.2) is 36.7 Å². The van der Waals surface area contributed by atoms with Crippen LogP contribution in [0.15, 0.2) is 48.5 Å². The second-order valence-electron chi connectivity index (χ2n) is 5.84. The van der Waals surface area contributed by atoms with Crippen molar-refractivity contribution in [1.29, 1.82) is 0 Å². The number of benzene rings is 2. The standard InChI is InChI=1S/C10H16N.C7H4F2O2/c1-11(2,3)9-10-7-5-4-6-8-10;8-4-2-1-3-5(9)6(4)7(10)11/h4-8H,9H2,1-3H3;1-3H,(H,10,11)/q+1;. The fraction of sp³-hybridized carbons (Fsp3) is 0.235. The molecule has 0 spiro atoms. The van der Waals surface area contributed by atoms with Gasteiger partial charge in [-0.1, -0.05) is 36.4 Å². The number of aromatic carboxylic acids is 1. The molecule has 0 aliphatic carbocycles. The minimum absolute atomic E-state index is 0.895. The van der Waals surface area contributed by atoms with Crippen molar-refractivity contribution in [3.05, 3.63) is 71.3 Å². The van der Waals surface area contributed by atoms with E-state index in [-0.39, 0.29) is 0 Å². The van der Waals surface area contributed by atoms with Crippen molar-refractivity contribution < 1.29 is 23.2 Å². The molecule has 118 valence electrons. The van der Waals surface area contributed by atoms with E-state index in [0.29, 0.717) is 0 Å². The molecule has 0 heterocycles. The summed E-state index contributed by atoms with van der Waals surface area (Å²) in [5, 5.41) is 8.27. The second-order valence-corrected chi connectivity index (χ2v) is 5.84. The number of quaternary nitrogens is 1. The highest BCUT2D eigenvalue weighted by atomic mass is 19.1. The van der Waals surface area contributed by atoms with Crippen molar-refractivity contribution in [2.24, 2.45) is 0 Å². The van der Waals surface area contributed by atoms with Gasteiger partial charge in [0.2, 0.25) is 0 Å². The maximum Gasteiger partial charge on any atom is 0.341 e. The fourth-order valence-corrected chi connectivity index (χ4v) is 1.83. The minimum Gasteiger partial charge on any atom is -0.477 e. The zero-order chi connectivity index (χ0) is 16.8. The molecule has 0 aliphatic heterocycles. The lowest BCUT2D eigenvalue weighted by Crippen LogP contribution is -2.33. The average Bonchev–Trinajstić information content (AvgIpc) is 2.38.